The minimum atomic E-state index is -0.306. The molecule has 202 valence electrons. The van der Waals surface area contributed by atoms with Crippen LogP contribution in [-0.2, 0) is 9.48 Å². The molecular formula is C31H54O3S. The van der Waals surface area contributed by atoms with E-state index in [1.165, 1.54) is 96.3 Å². The maximum absolute atomic E-state index is 12.1. The highest BCUT2D eigenvalue weighted by Gasteiger charge is 2.30. The van der Waals surface area contributed by atoms with Gasteiger partial charge in [0.1, 0.15) is 5.75 Å². The molecule has 1 aromatic rings. The third kappa shape index (κ3) is 13.1. The van der Waals surface area contributed by atoms with Crippen molar-refractivity contribution in [3.05, 3.63) is 29.3 Å². The average Bonchev–Trinajstić information content (AvgIpc) is 2.86. The summed E-state index contributed by atoms with van der Waals surface area (Å²) in [6, 6.07) is 5.67. The average molecular weight is 507 g/mol. The van der Waals surface area contributed by atoms with Crippen LogP contribution in [0.5, 0.6) is 5.75 Å². The van der Waals surface area contributed by atoms with Crippen LogP contribution >= 0.6 is 12.6 Å². The Morgan fingerprint density at radius 3 is 1.71 bits per heavy atom. The second-order valence-corrected chi connectivity index (χ2v) is 11.0. The van der Waals surface area contributed by atoms with Gasteiger partial charge in [-0.25, -0.2) is 4.79 Å². The van der Waals surface area contributed by atoms with Crippen LogP contribution in [0, 0.1) is 0 Å². The van der Waals surface area contributed by atoms with Crippen LogP contribution in [0.3, 0.4) is 0 Å². The number of benzene rings is 1. The summed E-state index contributed by atoms with van der Waals surface area (Å²) in [6.07, 6.45) is 23.7. The fraction of sp³-hybridized carbons (Fsp3) is 0.774. The van der Waals surface area contributed by atoms with Gasteiger partial charge < -0.3 is 9.47 Å². The molecule has 0 aliphatic rings. The van der Waals surface area contributed by atoms with E-state index in [1.807, 2.05) is 19.1 Å². The van der Waals surface area contributed by atoms with E-state index in [0.29, 0.717) is 12.2 Å². The smallest absolute Gasteiger partial charge is 0.338 e. The summed E-state index contributed by atoms with van der Waals surface area (Å²) in [4.78, 5) is 12.1. The standard InChI is InChI=1S/C31H54O3S/c1-5-8-9-10-11-12-13-14-15-16-17-18-19-20-21-25-31(35,24-6-2)28-23-22-27(26-29(28)33-4)30(32)34-7-3/h22-23,26,35H,5-21,24-25H2,1-4H3. The van der Waals surface area contributed by atoms with Crippen LogP contribution in [0.1, 0.15) is 152 Å². The Bertz CT molecular complexity index is 675. The largest absolute Gasteiger partial charge is 0.496 e. The third-order valence-electron chi connectivity index (χ3n) is 7.07. The number of rotatable bonds is 22. The summed E-state index contributed by atoms with van der Waals surface area (Å²) in [5.41, 5.74) is 1.62. The predicted molar refractivity (Wildman–Crippen MR) is 154 cm³/mol. The number of unbranched alkanes of at least 4 members (excludes halogenated alkanes) is 14. The minimum Gasteiger partial charge on any atom is -0.496 e. The second-order valence-electron chi connectivity index (χ2n) is 10.1. The van der Waals surface area contributed by atoms with Gasteiger partial charge in [0.05, 0.1) is 19.3 Å². The summed E-state index contributed by atoms with van der Waals surface area (Å²) in [5, 5.41) is 0. The van der Waals surface area contributed by atoms with Crippen LogP contribution in [0.2, 0.25) is 0 Å². The lowest BCUT2D eigenvalue weighted by molar-refractivity contribution is 0.0526. The lowest BCUT2D eigenvalue weighted by Gasteiger charge is -2.31. The third-order valence-corrected chi connectivity index (χ3v) is 7.76. The first-order valence-electron chi connectivity index (χ1n) is 14.6. The minimum absolute atomic E-state index is 0.232. The molecule has 4 heteroatoms. The fourth-order valence-electron chi connectivity index (χ4n) is 5.01. The van der Waals surface area contributed by atoms with Gasteiger partial charge in [0.25, 0.3) is 0 Å². The number of thiol groups is 1. The zero-order valence-corrected chi connectivity index (χ0v) is 24.2. The molecule has 0 spiro atoms. The first-order chi connectivity index (χ1) is 17.0. The van der Waals surface area contributed by atoms with E-state index in [1.54, 1.807) is 13.2 Å². The molecule has 1 aromatic carbocycles. The number of carbonyl (C=O) groups is 1. The summed E-state index contributed by atoms with van der Waals surface area (Å²) in [7, 11) is 1.67. The Labute approximate surface area is 222 Å². The monoisotopic (exact) mass is 506 g/mol. The molecule has 0 radical (unpaired) electrons. The molecular weight excluding hydrogens is 452 g/mol. The Balaban J connectivity index is 2.33. The maximum atomic E-state index is 12.1. The van der Waals surface area contributed by atoms with Crippen LogP contribution in [0.15, 0.2) is 18.2 Å². The Morgan fingerprint density at radius 1 is 0.743 bits per heavy atom. The van der Waals surface area contributed by atoms with Gasteiger partial charge in [-0.2, -0.15) is 12.6 Å². The molecule has 0 heterocycles. The molecule has 1 rings (SSSR count). The van der Waals surface area contributed by atoms with Crippen LogP contribution in [0.4, 0.5) is 0 Å². The van der Waals surface area contributed by atoms with Crippen molar-refractivity contribution in [1.82, 2.24) is 0 Å². The number of hydrogen-bond donors (Lipinski definition) is 1. The highest BCUT2D eigenvalue weighted by Crippen LogP contribution is 2.43. The van der Waals surface area contributed by atoms with Crippen molar-refractivity contribution in [2.75, 3.05) is 13.7 Å². The van der Waals surface area contributed by atoms with Crippen molar-refractivity contribution in [3.8, 4) is 5.75 Å². The van der Waals surface area contributed by atoms with Crippen molar-refractivity contribution in [3.63, 3.8) is 0 Å². The number of carbonyl (C=O) groups excluding carboxylic acids is 1. The maximum Gasteiger partial charge on any atom is 0.338 e. The van der Waals surface area contributed by atoms with Crippen molar-refractivity contribution in [2.45, 2.75) is 141 Å². The van der Waals surface area contributed by atoms with E-state index in [0.717, 1.165) is 30.6 Å². The Hall–Kier alpha value is -1.16. The van der Waals surface area contributed by atoms with Gasteiger partial charge in [-0.3, -0.25) is 0 Å². The molecule has 1 atom stereocenters. The molecule has 0 aliphatic heterocycles. The van der Waals surface area contributed by atoms with Gasteiger partial charge in [0, 0.05) is 10.3 Å². The first-order valence-corrected chi connectivity index (χ1v) is 15.0. The molecule has 0 saturated heterocycles. The summed E-state index contributed by atoms with van der Waals surface area (Å²) in [6.45, 7) is 6.68. The van der Waals surface area contributed by atoms with E-state index in [-0.39, 0.29) is 10.7 Å². The van der Waals surface area contributed by atoms with Gasteiger partial charge in [-0.05, 0) is 31.9 Å². The topological polar surface area (TPSA) is 35.5 Å². The van der Waals surface area contributed by atoms with E-state index in [9.17, 15) is 4.79 Å². The zero-order chi connectivity index (χ0) is 25.8. The Kier molecular flexibility index (Phi) is 18.2. The molecule has 3 nitrogen and oxygen atoms in total. The highest BCUT2D eigenvalue weighted by molar-refractivity contribution is 7.81. The van der Waals surface area contributed by atoms with E-state index in [2.05, 4.69) is 13.8 Å². The molecule has 0 N–H and O–H groups in total. The zero-order valence-electron chi connectivity index (χ0n) is 23.3. The number of esters is 1. The van der Waals surface area contributed by atoms with Crippen molar-refractivity contribution < 1.29 is 14.3 Å². The number of hydrogen-bond acceptors (Lipinski definition) is 4. The summed E-state index contributed by atoms with van der Waals surface area (Å²) < 4.78 is 10.6. The molecule has 0 saturated carbocycles. The summed E-state index contributed by atoms with van der Waals surface area (Å²) in [5.74, 6) is 0.431. The lowest BCUT2D eigenvalue weighted by atomic mass is 9.86. The van der Waals surface area contributed by atoms with E-state index in [4.69, 9.17) is 22.1 Å². The molecule has 0 aromatic heterocycles. The lowest BCUT2D eigenvalue weighted by Crippen LogP contribution is -2.20. The van der Waals surface area contributed by atoms with Gasteiger partial charge in [0.15, 0.2) is 0 Å². The summed E-state index contributed by atoms with van der Waals surface area (Å²) >= 11 is 5.17. The number of methoxy groups -OCH3 is 1. The number of ether oxygens (including phenoxy) is 2. The molecule has 35 heavy (non-hydrogen) atoms. The fourth-order valence-corrected chi connectivity index (χ4v) is 5.58. The van der Waals surface area contributed by atoms with Gasteiger partial charge in [-0.1, -0.05) is 123 Å². The van der Waals surface area contributed by atoms with Crippen LogP contribution in [-0.4, -0.2) is 19.7 Å². The van der Waals surface area contributed by atoms with Crippen LogP contribution < -0.4 is 4.74 Å². The molecule has 0 aliphatic carbocycles. The SMILES string of the molecule is CCCCCCCCCCCCCCCCCC(S)(CCC)c1ccc(C(=O)OCC)cc1OC. The van der Waals surface area contributed by atoms with E-state index < -0.39 is 0 Å². The normalized spacial score (nSPS) is 12.9. The van der Waals surface area contributed by atoms with Crippen molar-refractivity contribution in [2.24, 2.45) is 0 Å². The van der Waals surface area contributed by atoms with Crippen molar-refractivity contribution in [1.29, 1.82) is 0 Å². The molecule has 0 amide bonds. The molecule has 0 bridgehead atoms. The highest BCUT2D eigenvalue weighted by atomic mass is 32.1. The first kappa shape index (κ1) is 31.9. The Morgan fingerprint density at radius 2 is 1.26 bits per heavy atom. The van der Waals surface area contributed by atoms with Gasteiger partial charge in [-0.15, -0.1) is 0 Å². The van der Waals surface area contributed by atoms with Crippen LogP contribution in [0.25, 0.3) is 0 Å². The quantitative estimate of drug-likeness (QED) is 0.0965. The van der Waals surface area contributed by atoms with Gasteiger partial charge >= 0.3 is 5.97 Å². The second kappa shape index (κ2) is 20.0. The van der Waals surface area contributed by atoms with Crippen molar-refractivity contribution >= 4 is 18.6 Å². The van der Waals surface area contributed by atoms with Gasteiger partial charge in [0.2, 0.25) is 0 Å². The van der Waals surface area contributed by atoms with E-state index >= 15 is 0 Å². The molecule has 1 unspecified atom stereocenters. The predicted octanol–water partition coefficient (Wildman–Crippen LogP) is 10.1. The molecule has 0 fully saturated rings.